The minimum Gasteiger partial charge on any atom is -0.352 e. The lowest BCUT2D eigenvalue weighted by atomic mass is 10.1. The summed E-state index contributed by atoms with van der Waals surface area (Å²) in [4.78, 5) is 32.2. The quantitative estimate of drug-likeness (QED) is 0.729. The predicted molar refractivity (Wildman–Crippen MR) is 99.7 cm³/mol. The first-order valence-electron chi connectivity index (χ1n) is 8.20. The van der Waals surface area contributed by atoms with Gasteiger partial charge in [0.05, 0.1) is 18.5 Å². The summed E-state index contributed by atoms with van der Waals surface area (Å²) in [6, 6.07) is 9.55. The van der Waals surface area contributed by atoms with Gasteiger partial charge < -0.3 is 10.6 Å². The fourth-order valence-corrected chi connectivity index (χ4v) is 3.64. The molecular formula is C19H16N4O2S. The van der Waals surface area contributed by atoms with Crippen LogP contribution in [0.2, 0.25) is 0 Å². The standard InChI is InChI=1S/C19H16N4O2S/c24-17(8-15-11-26-19(22-15)13-2-1-5-20-10-13)21-9-12-3-4-16-14(6-12)7-18(25)23-16/h1-6,10-11H,7-9H2,(H,21,24)(H,23,25). The first kappa shape index (κ1) is 16.4. The van der Waals surface area contributed by atoms with Crippen molar-refractivity contribution < 1.29 is 9.59 Å². The van der Waals surface area contributed by atoms with E-state index in [0.29, 0.717) is 13.0 Å². The number of rotatable bonds is 5. The van der Waals surface area contributed by atoms with Crippen LogP contribution in [0, 0.1) is 0 Å². The van der Waals surface area contributed by atoms with Crippen molar-refractivity contribution >= 4 is 28.8 Å². The number of amides is 2. The number of benzene rings is 1. The summed E-state index contributed by atoms with van der Waals surface area (Å²) < 4.78 is 0. The zero-order chi connectivity index (χ0) is 17.9. The molecule has 0 radical (unpaired) electrons. The molecule has 7 heteroatoms. The normalized spacial score (nSPS) is 12.5. The number of nitrogens with one attached hydrogen (secondary N) is 2. The van der Waals surface area contributed by atoms with Crippen molar-refractivity contribution in [3.8, 4) is 10.6 Å². The fraction of sp³-hybridized carbons (Fsp3) is 0.158. The first-order chi connectivity index (χ1) is 12.7. The number of hydrogen-bond donors (Lipinski definition) is 2. The second-order valence-corrected chi connectivity index (χ2v) is 6.91. The zero-order valence-corrected chi connectivity index (χ0v) is 14.7. The van der Waals surface area contributed by atoms with E-state index in [1.165, 1.54) is 11.3 Å². The van der Waals surface area contributed by atoms with Crippen molar-refractivity contribution in [2.75, 3.05) is 5.32 Å². The van der Waals surface area contributed by atoms with Crippen LogP contribution in [0.15, 0.2) is 48.1 Å². The van der Waals surface area contributed by atoms with Crippen molar-refractivity contribution in [3.05, 3.63) is 64.9 Å². The molecule has 3 heterocycles. The SMILES string of the molecule is O=C(Cc1csc(-c2cccnc2)n1)NCc1ccc2c(c1)CC(=O)N2. The highest BCUT2D eigenvalue weighted by Gasteiger charge is 2.17. The number of hydrogen-bond acceptors (Lipinski definition) is 5. The molecule has 2 aromatic heterocycles. The lowest BCUT2D eigenvalue weighted by Gasteiger charge is -2.06. The first-order valence-corrected chi connectivity index (χ1v) is 9.08. The lowest BCUT2D eigenvalue weighted by molar-refractivity contribution is -0.120. The highest BCUT2D eigenvalue weighted by atomic mass is 32.1. The summed E-state index contributed by atoms with van der Waals surface area (Å²) in [6.07, 6.45) is 4.11. The van der Waals surface area contributed by atoms with Gasteiger partial charge in [-0.25, -0.2) is 4.98 Å². The molecule has 3 aromatic rings. The second-order valence-electron chi connectivity index (χ2n) is 6.06. The summed E-state index contributed by atoms with van der Waals surface area (Å²) >= 11 is 1.50. The van der Waals surface area contributed by atoms with E-state index < -0.39 is 0 Å². The van der Waals surface area contributed by atoms with Gasteiger partial charge in [0, 0.05) is 35.6 Å². The number of thiazole rings is 1. The van der Waals surface area contributed by atoms with E-state index in [4.69, 9.17) is 0 Å². The maximum atomic E-state index is 12.2. The third-order valence-corrected chi connectivity index (χ3v) is 5.03. The third kappa shape index (κ3) is 3.62. The van der Waals surface area contributed by atoms with Gasteiger partial charge in [-0.1, -0.05) is 12.1 Å². The van der Waals surface area contributed by atoms with Crippen LogP contribution in [0.5, 0.6) is 0 Å². The summed E-state index contributed by atoms with van der Waals surface area (Å²) in [5.41, 5.74) is 4.50. The molecule has 0 spiro atoms. The van der Waals surface area contributed by atoms with Gasteiger partial charge in [0.15, 0.2) is 0 Å². The van der Waals surface area contributed by atoms with Gasteiger partial charge in [-0.15, -0.1) is 11.3 Å². The van der Waals surface area contributed by atoms with Crippen LogP contribution in [0.3, 0.4) is 0 Å². The summed E-state index contributed by atoms with van der Waals surface area (Å²) in [6.45, 7) is 0.430. The van der Waals surface area contributed by atoms with Gasteiger partial charge in [0.25, 0.3) is 0 Å². The third-order valence-electron chi connectivity index (χ3n) is 4.09. The molecule has 0 bridgehead atoms. The fourth-order valence-electron chi connectivity index (χ4n) is 2.83. The van der Waals surface area contributed by atoms with Gasteiger partial charge in [0.2, 0.25) is 11.8 Å². The average molecular weight is 364 g/mol. The highest BCUT2D eigenvalue weighted by Crippen LogP contribution is 2.24. The number of carbonyl (C=O) groups excluding carboxylic acids is 2. The van der Waals surface area contributed by atoms with Crippen LogP contribution in [0.1, 0.15) is 16.8 Å². The Bertz CT molecular complexity index is 969. The Morgan fingerprint density at radius 3 is 3.08 bits per heavy atom. The van der Waals surface area contributed by atoms with Crippen LogP contribution in [0.4, 0.5) is 5.69 Å². The molecule has 1 aromatic carbocycles. The molecule has 0 fully saturated rings. The van der Waals surface area contributed by atoms with Gasteiger partial charge >= 0.3 is 0 Å². The Balaban J connectivity index is 1.34. The monoisotopic (exact) mass is 364 g/mol. The number of aromatic nitrogens is 2. The minimum absolute atomic E-state index is 0.00846. The molecular weight excluding hydrogens is 348 g/mol. The van der Waals surface area contributed by atoms with Crippen LogP contribution in [0.25, 0.3) is 10.6 Å². The van der Waals surface area contributed by atoms with E-state index >= 15 is 0 Å². The molecule has 0 unspecified atom stereocenters. The topological polar surface area (TPSA) is 84.0 Å². The van der Waals surface area contributed by atoms with E-state index in [0.717, 1.165) is 33.1 Å². The van der Waals surface area contributed by atoms with Crippen LogP contribution in [-0.2, 0) is 29.0 Å². The van der Waals surface area contributed by atoms with E-state index in [1.807, 2.05) is 35.7 Å². The Morgan fingerprint density at radius 1 is 1.31 bits per heavy atom. The summed E-state index contributed by atoms with van der Waals surface area (Å²) in [5.74, 6) is -0.0723. The summed E-state index contributed by atoms with van der Waals surface area (Å²) in [7, 11) is 0. The molecule has 1 aliphatic heterocycles. The largest absolute Gasteiger partial charge is 0.352 e. The van der Waals surface area contributed by atoms with Crippen LogP contribution >= 0.6 is 11.3 Å². The molecule has 1 aliphatic rings. The Morgan fingerprint density at radius 2 is 2.23 bits per heavy atom. The molecule has 0 saturated carbocycles. The lowest BCUT2D eigenvalue weighted by Crippen LogP contribution is -2.24. The Hall–Kier alpha value is -3.06. The molecule has 0 atom stereocenters. The Labute approximate surface area is 154 Å². The number of nitrogens with zero attached hydrogens (tertiary/aromatic N) is 2. The second kappa shape index (κ2) is 7.05. The summed E-state index contributed by atoms with van der Waals surface area (Å²) in [5, 5.41) is 8.46. The van der Waals surface area contributed by atoms with Gasteiger partial charge in [-0.3, -0.25) is 14.6 Å². The minimum atomic E-state index is -0.0808. The van der Waals surface area contributed by atoms with Gasteiger partial charge in [-0.2, -0.15) is 0 Å². The molecule has 2 amide bonds. The van der Waals surface area contributed by atoms with Crippen molar-refractivity contribution in [1.29, 1.82) is 0 Å². The van der Waals surface area contributed by atoms with E-state index in [1.54, 1.807) is 12.4 Å². The zero-order valence-electron chi connectivity index (χ0n) is 13.9. The predicted octanol–water partition coefficient (Wildman–Crippen LogP) is 2.56. The van der Waals surface area contributed by atoms with Crippen molar-refractivity contribution in [1.82, 2.24) is 15.3 Å². The van der Waals surface area contributed by atoms with Crippen molar-refractivity contribution in [2.24, 2.45) is 0 Å². The number of pyridine rings is 1. The van der Waals surface area contributed by atoms with E-state index in [9.17, 15) is 9.59 Å². The molecule has 2 N–H and O–H groups in total. The molecule has 4 rings (SSSR count). The van der Waals surface area contributed by atoms with Gasteiger partial charge in [-0.05, 0) is 29.3 Å². The van der Waals surface area contributed by atoms with Crippen molar-refractivity contribution in [2.45, 2.75) is 19.4 Å². The van der Waals surface area contributed by atoms with E-state index in [-0.39, 0.29) is 18.2 Å². The average Bonchev–Trinajstić information content (AvgIpc) is 3.26. The molecule has 130 valence electrons. The number of carbonyl (C=O) groups is 2. The van der Waals surface area contributed by atoms with Gasteiger partial charge in [0.1, 0.15) is 5.01 Å². The maximum absolute atomic E-state index is 12.2. The van der Waals surface area contributed by atoms with Crippen LogP contribution in [-0.4, -0.2) is 21.8 Å². The molecule has 26 heavy (non-hydrogen) atoms. The smallest absolute Gasteiger partial charge is 0.228 e. The molecule has 0 aliphatic carbocycles. The van der Waals surface area contributed by atoms with E-state index in [2.05, 4.69) is 20.6 Å². The molecule has 0 saturated heterocycles. The number of anilines is 1. The molecule has 6 nitrogen and oxygen atoms in total. The number of fused-ring (bicyclic) bond motifs is 1. The van der Waals surface area contributed by atoms with Crippen molar-refractivity contribution in [3.63, 3.8) is 0 Å². The maximum Gasteiger partial charge on any atom is 0.228 e. The Kier molecular flexibility index (Phi) is 4.45. The van der Waals surface area contributed by atoms with Crippen LogP contribution < -0.4 is 10.6 Å². The highest BCUT2D eigenvalue weighted by molar-refractivity contribution is 7.13.